The molecule has 0 spiro atoms. The molecule has 0 radical (unpaired) electrons. The first kappa shape index (κ1) is 12.1. The lowest BCUT2D eigenvalue weighted by Gasteiger charge is -2.27. The van der Waals surface area contributed by atoms with Gasteiger partial charge in [-0.05, 0) is 13.0 Å². The molecule has 0 aliphatic carbocycles. The fourth-order valence-corrected chi connectivity index (χ4v) is 1.66. The smallest absolute Gasteiger partial charge is 0.215 e. The predicted octanol–water partition coefficient (Wildman–Crippen LogP) is 0.678. The molecule has 0 amide bonds. The van der Waals surface area contributed by atoms with Crippen molar-refractivity contribution in [3.63, 3.8) is 0 Å². The van der Waals surface area contributed by atoms with Crippen molar-refractivity contribution in [2.45, 2.75) is 13.0 Å². The molecule has 0 aromatic carbocycles. The lowest BCUT2D eigenvalue weighted by Crippen LogP contribution is -2.36. The molecule has 94 valence electrons. The molecule has 0 unspecified atom stereocenters. The van der Waals surface area contributed by atoms with E-state index in [9.17, 15) is 0 Å². The number of hydrogen-bond acceptors (Lipinski definition) is 5. The van der Waals surface area contributed by atoms with E-state index in [0.29, 0.717) is 5.88 Å². The SMILES string of the molecule is C[C@H](O)COc1cccc(N2CCOCC2)n1. The maximum atomic E-state index is 9.15. The highest BCUT2D eigenvalue weighted by Gasteiger charge is 2.12. The summed E-state index contributed by atoms with van der Waals surface area (Å²) >= 11 is 0. The topological polar surface area (TPSA) is 54.8 Å². The predicted molar refractivity (Wildman–Crippen MR) is 64.4 cm³/mol. The van der Waals surface area contributed by atoms with Crippen LogP contribution in [0.4, 0.5) is 5.82 Å². The van der Waals surface area contributed by atoms with Crippen LogP contribution in [0.2, 0.25) is 0 Å². The van der Waals surface area contributed by atoms with Crippen molar-refractivity contribution in [2.24, 2.45) is 0 Å². The van der Waals surface area contributed by atoms with Crippen molar-refractivity contribution in [1.82, 2.24) is 4.98 Å². The Labute approximate surface area is 101 Å². The van der Waals surface area contributed by atoms with Gasteiger partial charge in [0.25, 0.3) is 0 Å². The standard InChI is InChI=1S/C12H18N2O3/c1-10(15)9-17-12-4-2-3-11(13-12)14-5-7-16-8-6-14/h2-4,10,15H,5-9H2,1H3/t10-/m0/s1. The van der Waals surface area contributed by atoms with Crippen LogP contribution < -0.4 is 9.64 Å². The monoisotopic (exact) mass is 238 g/mol. The summed E-state index contributed by atoms with van der Waals surface area (Å²) in [7, 11) is 0. The Balaban J connectivity index is 2.00. The second-order valence-corrected chi connectivity index (χ2v) is 4.09. The van der Waals surface area contributed by atoms with Gasteiger partial charge in [0.2, 0.25) is 5.88 Å². The Hall–Kier alpha value is -1.33. The van der Waals surface area contributed by atoms with Gasteiger partial charge in [-0.1, -0.05) is 6.07 Å². The first-order chi connectivity index (χ1) is 8.25. The molecule has 1 atom stereocenters. The van der Waals surface area contributed by atoms with Gasteiger partial charge in [-0.2, -0.15) is 4.98 Å². The van der Waals surface area contributed by atoms with Crippen LogP contribution in [0.1, 0.15) is 6.92 Å². The van der Waals surface area contributed by atoms with Gasteiger partial charge in [-0.3, -0.25) is 0 Å². The minimum atomic E-state index is -0.483. The van der Waals surface area contributed by atoms with Crippen LogP contribution >= 0.6 is 0 Å². The second kappa shape index (κ2) is 5.84. The first-order valence-corrected chi connectivity index (χ1v) is 5.86. The zero-order valence-corrected chi connectivity index (χ0v) is 10.0. The zero-order chi connectivity index (χ0) is 12.1. The molecule has 5 heteroatoms. The number of hydrogen-bond donors (Lipinski definition) is 1. The van der Waals surface area contributed by atoms with Crippen LogP contribution in [0.15, 0.2) is 18.2 Å². The van der Waals surface area contributed by atoms with E-state index in [1.165, 1.54) is 0 Å². The number of rotatable bonds is 4. The van der Waals surface area contributed by atoms with Gasteiger partial charge in [0.1, 0.15) is 12.4 Å². The van der Waals surface area contributed by atoms with E-state index in [4.69, 9.17) is 14.6 Å². The number of pyridine rings is 1. The molecule has 2 heterocycles. The quantitative estimate of drug-likeness (QED) is 0.836. The Bertz CT molecular complexity index is 351. The minimum absolute atomic E-state index is 0.263. The number of anilines is 1. The van der Waals surface area contributed by atoms with E-state index in [0.717, 1.165) is 32.1 Å². The van der Waals surface area contributed by atoms with E-state index in [1.54, 1.807) is 13.0 Å². The number of ether oxygens (including phenoxy) is 2. The highest BCUT2D eigenvalue weighted by atomic mass is 16.5. The van der Waals surface area contributed by atoms with Gasteiger partial charge in [0.15, 0.2) is 0 Å². The summed E-state index contributed by atoms with van der Waals surface area (Å²) in [5, 5.41) is 9.15. The maximum absolute atomic E-state index is 9.15. The van der Waals surface area contributed by atoms with Crippen LogP contribution in [-0.4, -0.2) is 49.1 Å². The summed E-state index contributed by atoms with van der Waals surface area (Å²) in [6.45, 7) is 5.13. The molecule has 1 aromatic heterocycles. The fourth-order valence-electron chi connectivity index (χ4n) is 1.66. The zero-order valence-electron chi connectivity index (χ0n) is 10.0. The average molecular weight is 238 g/mol. The number of aliphatic hydroxyl groups is 1. The number of nitrogens with zero attached hydrogens (tertiary/aromatic N) is 2. The third-order valence-corrected chi connectivity index (χ3v) is 2.52. The maximum Gasteiger partial charge on any atom is 0.215 e. The summed E-state index contributed by atoms with van der Waals surface area (Å²) in [6, 6.07) is 5.67. The van der Waals surface area contributed by atoms with Gasteiger partial charge in [0, 0.05) is 19.2 Å². The normalized spacial score (nSPS) is 17.9. The summed E-state index contributed by atoms with van der Waals surface area (Å²) in [6.07, 6.45) is -0.483. The van der Waals surface area contributed by atoms with Crippen molar-refractivity contribution in [3.05, 3.63) is 18.2 Å². The third kappa shape index (κ3) is 3.57. The summed E-state index contributed by atoms with van der Waals surface area (Å²) in [4.78, 5) is 6.57. The average Bonchev–Trinajstić information content (AvgIpc) is 2.38. The molecule has 17 heavy (non-hydrogen) atoms. The molecule has 0 saturated carbocycles. The van der Waals surface area contributed by atoms with E-state index >= 15 is 0 Å². The highest BCUT2D eigenvalue weighted by Crippen LogP contribution is 2.17. The molecule has 5 nitrogen and oxygen atoms in total. The lowest BCUT2D eigenvalue weighted by molar-refractivity contribution is 0.118. The minimum Gasteiger partial charge on any atom is -0.475 e. The molecular weight excluding hydrogens is 220 g/mol. The van der Waals surface area contributed by atoms with E-state index < -0.39 is 6.10 Å². The second-order valence-electron chi connectivity index (χ2n) is 4.09. The molecular formula is C12H18N2O3. The fraction of sp³-hybridized carbons (Fsp3) is 0.583. The van der Waals surface area contributed by atoms with Crippen molar-refractivity contribution in [3.8, 4) is 5.88 Å². The van der Waals surface area contributed by atoms with Crippen LogP contribution in [0.3, 0.4) is 0 Å². The van der Waals surface area contributed by atoms with E-state index in [2.05, 4.69) is 9.88 Å². The summed E-state index contributed by atoms with van der Waals surface area (Å²) in [5.41, 5.74) is 0. The molecule has 1 N–H and O–H groups in total. The first-order valence-electron chi connectivity index (χ1n) is 5.86. The molecule has 1 aromatic rings. The van der Waals surface area contributed by atoms with Crippen molar-refractivity contribution in [2.75, 3.05) is 37.8 Å². The molecule has 0 bridgehead atoms. The van der Waals surface area contributed by atoms with Gasteiger partial charge in [-0.25, -0.2) is 0 Å². The van der Waals surface area contributed by atoms with E-state index in [-0.39, 0.29) is 6.61 Å². The molecule has 1 aliphatic rings. The molecule has 1 aliphatic heterocycles. The Kier molecular flexibility index (Phi) is 4.17. The van der Waals surface area contributed by atoms with E-state index in [1.807, 2.05) is 12.1 Å². The summed E-state index contributed by atoms with van der Waals surface area (Å²) in [5.74, 6) is 1.45. The number of morpholine rings is 1. The number of aromatic nitrogens is 1. The molecule has 1 saturated heterocycles. The van der Waals surface area contributed by atoms with Crippen LogP contribution in [0.5, 0.6) is 5.88 Å². The highest BCUT2D eigenvalue weighted by molar-refractivity contribution is 5.40. The van der Waals surface area contributed by atoms with Crippen molar-refractivity contribution < 1.29 is 14.6 Å². The summed E-state index contributed by atoms with van der Waals surface area (Å²) < 4.78 is 10.7. The lowest BCUT2D eigenvalue weighted by atomic mass is 10.3. The van der Waals surface area contributed by atoms with Crippen LogP contribution in [0.25, 0.3) is 0 Å². The Morgan fingerprint density at radius 2 is 2.24 bits per heavy atom. The Morgan fingerprint density at radius 3 is 2.94 bits per heavy atom. The van der Waals surface area contributed by atoms with Crippen LogP contribution in [0, 0.1) is 0 Å². The van der Waals surface area contributed by atoms with Gasteiger partial charge < -0.3 is 19.5 Å². The van der Waals surface area contributed by atoms with Gasteiger partial charge >= 0.3 is 0 Å². The van der Waals surface area contributed by atoms with Crippen molar-refractivity contribution in [1.29, 1.82) is 0 Å². The third-order valence-electron chi connectivity index (χ3n) is 2.52. The van der Waals surface area contributed by atoms with Gasteiger partial charge in [0.05, 0.1) is 19.3 Å². The van der Waals surface area contributed by atoms with Crippen LogP contribution in [-0.2, 0) is 4.74 Å². The molecule has 1 fully saturated rings. The molecule has 2 rings (SSSR count). The van der Waals surface area contributed by atoms with Gasteiger partial charge in [-0.15, -0.1) is 0 Å². The number of aliphatic hydroxyl groups excluding tert-OH is 1. The largest absolute Gasteiger partial charge is 0.475 e. The van der Waals surface area contributed by atoms with Crippen molar-refractivity contribution >= 4 is 5.82 Å². The Morgan fingerprint density at radius 1 is 1.47 bits per heavy atom.